The van der Waals surface area contributed by atoms with Crippen LogP contribution >= 0.6 is 15.9 Å². The summed E-state index contributed by atoms with van der Waals surface area (Å²) in [4.78, 5) is 12.5. The summed E-state index contributed by atoms with van der Waals surface area (Å²) in [5, 5.41) is 3.97. The molecular weight excluding hydrogens is 351 g/mol. The maximum absolute atomic E-state index is 12.8. The second-order valence-corrected chi connectivity index (χ2v) is 5.14. The van der Waals surface area contributed by atoms with E-state index in [2.05, 4.69) is 21.0 Å². The number of nitrogens with two attached hydrogens (primary N) is 1. The first-order valence-electron chi connectivity index (χ1n) is 5.98. The molecule has 1 aromatic heterocycles. The van der Waals surface area contributed by atoms with E-state index in [1.807, 2.05) is 0 Å². The van der Waals surface area contributed by atoms with Gasteiger partial charge in [-0.15, -0.1) is 0 Å². The standard InChI is InChI=1S/C13H11BrF3N3O/c1-2-20-11(9(14)6-19-20)12(21)8-5-7(13(15,16)17)3-4-10(8)18/h3-6H,2,18H2,1H3. The maximum atomic E-state index is 12.8. The summed E-state index contributed by atoms with van der Waals surface area (Å²) in [6.45, 7) is 2.18. The van der Waals surface area contributed by atoms with Gasteiger partial charge in [0.1, 0.15) is 5.69 Å². The van der Waals surface area contributed by atoms with Crippen molar-refractivity contribution in [1.29, 1.82) is 0 Å². The van der Waals surface area contributed by atoms with Gasteiger partial charge in [-0.05, 0) is 41.1 Å². The Hall–Kier alpha value is -1.83. The van der Waals surface area contributed by atoms with Gasteiger partial charge in [0.2, 0.25) is 5.78 Å². The highest BCUT2D eigenvalue weighted by molar-refractivity contribution is 9.10. The van der Waals surface area contributed by atoms with E-state index in [9.17, 15) is 18.0 Å². The zero-order valence-corrected chi connectivity index (χ0v) is 12.5. The molecule has 2 aromatic rings. The van der Waals surface area contributed by atoms with Gasteiger partial charge in [-0.25, -0.2) is 0 Å². The summed E-state index contributed by atoms with van der Waals surface area (Å²) in [7, 11) is 0. The third-order valence-corrected chi connectivity index (χ3v) is 3.51. The van der Waals surface area contributed by atoms with Crippen molar-refractivity contribution in [3.63, 3.8) is 0 Å². The maximum Gasteiger partial charge on any atom is 0.416 e. The first-order chi connectivity index (χ1) is 9.75. The van der Waals surface area contributed by atoms with Crippen LogP contribution in [-0.4, -0.2) is 15.6 Å². The monoisotopic (exact) mass is 361 g/mol. The lowest BCUT2D eigenvalue weighted by Gasteiger charge is -2.11. The van der Waals surface area contributed by atoms with Gasteiger partial charge in [0.15, 0.2) is 0 Å². The Kier molecular flexibility index (Phi) is 4.08. The molecule has 0 saturated carbocycles. The molecule has 8 heteroatoms. The van der Waals surface area contributed by atoms with E-state index in [-0.39, 0.29) is 16.9 Å². The molecule has 0 atom stereocenters. The van der Waals surface area contributed by atoms with Crippen LogP contribution in [0.25, 0.3) is 0 Å². The predicted molar refractivity (Wildman–Crippen MR) is 74.9 cm³/mol. The van der Waals surface area contributed by atoms with Gasteiger partial charge in [-0.3, -0.25) is 9.48 Å². The van der Waals surface area contributed by atoms with Gasteiger partial charge in [0.05, 0.1) is 16.2 Å². The van der Waals surface area contributed by atoms with Crippen molar-refractivity contribution in [2.75, 3.05) is 5.73 Å². The van der Waals surface area contributed by atoms with Crippen LogP contribution in [0, 0.1) is 0 Å². The van der Waals surface area contributed by atoms with Crippen LogP contribution in [0.5, 0.6) is 0 Å². The molecule has 0 bridgehead atoms. The van der Waals surface area contributed by atoms with Crippen molar-refractivity contribution in [2.45, 2.75) is 19.6 Å². The molecule has 21 heavy (non-hydrogen) atoms. The number of halogens is 4. The Balaban J connectivity index is 2.55. The van der Waals surface area contributed by atoms with Crippen molar-refractivity contribution in [3.8, 4) is 0 Å². The highest BCUT2D eigenvalue weighted by Crippen LogP contribution is 2.32. The average molecular weight is 362 g/mol. The molecule has 2 rings (SSSR count). The van der Waals surface area contributed by atoms with Crippen LogP contribution in [0.1, 0.15) is 28.5 Å². The largest absolute Gasteiger partial charge is 0.416 e. The Morgan fingerprint density at radius 1 is 1.43 bits per heavy atom. The lowest BCUT2D eigenvalue weighted by molar-refractivity contribution is -0.137. The zero-order chi connectivity index (χ0) is 15.8. The first kappa shape index (κ1) is 15.6. The molecule has 0 amide bonds. The van der Waals surface area contributed by atoms with Crippen LogP contribution in [0.15, 0.2) is 28.9 Å². The number of hydrogen-bond donors (Lipinski definition) is 1. The number of nitrogen functional groups attached to an aromatic ring is 1. The van der Waals surface area contributed by atoms with Crippen LogP contribution in [0.4, 0.5) is 18.9 Å². The van der Waals surface area contributed by atoms with Gasteiger partial charge in [-0.2, -0.15) is 18.3 Å². The Morgan fingerprint density at radius 2 is 2.10 bits per heavy atom. The van der Waals surface area contributed by atoms with E-state index in [1.54, 1.807) is 6.92 Å². The third-order valence-electron chi connectivity index (χ3n) is 2.93. The number of hydrogen-bond acceptors (Lipinski definition) is 3. The number of aryl methyl sites for hydroxylation is 1. The van der Waals surface area contributed by atoms with Gasteiger partial charge in [-0.1, -0.05) is 0 Å². The number of anilines is 1. The summed E-state index contributed by atoms with van der Waals surface area (Å²) in [6, 6.07) is 2.69. The molecule has 0 aliphatic carbocycles. The Labute approximate surface area is 126 Å². The fourth-order valence-corrected chi connectivity index (χ4v) is 2.36. The SMILES string of the molecule is CCn1ncc(Br)c1C(=O)c1cc(C(F)(F)F)ccc1N. The van der Waals surface area contributed by atoms with Crippen molar-refractivity contribution in [3.05, 3.63) is 45.7 Å². The van der Waals surface area contributed by atoms with Gasteiger partial charge in [0.25, 0.3) is 0 Å². The molecule has 0 fully saturated rings. The van der Waals surface area contributed by atoms with E-state index in [4.69, 9.17) is 5.73 Å². The van der Waals surface area contributed by atoms with Crippen molar-refractivity contribution in [2.24, 2.45) is 0 Å². The van der Waals surface area contributed by atoms with Crippen LogP contribution in [0.3, 0.4) is 0 Å². The number of rotatable bonds is 3. The second-order valence-electron chi connectivity index (χ2n) is 4.29. The topological polar surface area (TPSA) is 60.9 Å². The molecule has 2 N–H and O–H groups in total. The third kappa shape index (κ3) is 2.94. The summed E-state index contributed by atoms with van der Waals surface area (Å²) < 4.78 is 40.1. The number of carbonyl (C=O) groups is 1. The lowest BCUT2D eigenvalue weighted by Crippen LogP contribution is -2.15. The van der Waals surface area contributed by atoms with E-state index >= 15 is 0 Å². The summed E-state index contributed by atoms with van der Waals surface area (Å²) in [5.41, 5.74) is 4.70. The van der Waals surface area contributed by atoms with Crippen LogP contribution < -0.4 is 5.73 Å². The minimum atomic E-state index is -4.54. The first-order valence-corrected chi connectivity index (χ1v) is 6.77. The Morgan fingerprint density at radius 3 is 2.67 bits per heavy atom. The normalized spacial score (nSPS) is 11.7. The number of aromatic nitrogens is 2. The average Bonchev–Trinajstić information content (AvgIpc) is 2.78. The van der Waals surface area contributed by atoms with E-state index in [0.717, 1.165) is 18.2 Å². The summed E-state index contributed by atoms with van der Waals surface area (Å²) in [5.74, 6) is -0.607. The quantitative estimate of drug-likeness (QED) is 0.672. The van der Waals surface area contributed by atoms with E-state index in [1.165, 1.54) is 10.9 Å². The molecule has 0 radical (unpaired) electrons. The second kappa shape index (κ2) is 5.51. The van der Waals surface area contributed by atoms with Gasteiger partial charge in [0, 0.05) is 17.8 Å². The number of carbonyl (C=O) groups excluding carboxylic acids is 1. The highest BCUT2D eigenvalue weighted by atomic mass is 79.9. The molecule has 0 aliphatic rings. The molecular formula is C13H11BrF3N3O. The minimum absolute atomic E-state index is 0.0104. The Bertz CT molecular complexity index is 694. The number of benzene rings is 1. The predicted octanol–water partition coefficient (Wildman–Crippen LogP) is 3.50. The molecule has 0 aliphatic heterocycles. The van der Waals surface area contributed by atoms with Crippen LogP contribution in [0.2, 0.25) is 0 Å². The molecule has 1 aromatic carbocycles. The van der Waals surface area contributed by atoms with Gasteiger partial charge >= 0.3 is 6.18 Å². The molecule has 0 spiro atoms. The lowest BCUT2D eigenvalue weighted by atomic mass is 10.0. The summed E-state index contributed by atoms with van der Waals surface area (Å²) >= 11 is 3.17. The van der Waals surface area contributed by atoms with E-state index in [0.29, 0.717) is 11.0 Å². The molecule has 0 saturated heterocycles. The fraction of sp³-hybridized carbons (Fsp3) is 0.231. The minimum Gasteiger partial charge on any atom is -0.398 e. The van der Waals surface area contributed by atoms with Crippen LogP contribution in [-0.2, 0) is 12.7 Å². The molecule has 4 nitrogen and oxygen atoms in total. The fourth-order valence-electron chi connectivity index (χ4n) is 1.88. The number of alkyl halides is 3. The summed E-state index contributed by atoms with van der Waals surface area (Å²) in [6.07, 6.45) is -3.12. The number of nitrogens with zero attached hydrogens (tertiary/aromatic N) is 2. The van der Waals surface area contributed by atoms with Crippen molar-refractivity contribution < 1.29 is 18.0 Å². The molecule has 1 heterocycles. The zero-order valence-electron chi connectivity index (χ0n) is 10.9. The van der Waals surface area contributed by atoms with E-state index < -0.39 is 17.5 Å². The smallest absolute Gasteiger partial charge is 0.398 e. The molecule has 0 unspecified atom stereocenters. The van der Waals surface area contributed by atoms with Crippen molar-refractivity contribution >= 4 is 27.4 Å². The van der Waals surface area contributed by atoms with Gasteiger partial charge < -0.3 is 5.73 Å². The number of ketones is 1. The van der Waals surface area contributed by atoms with Crippen molar-refractivity contribution in [1.82, 2.24) is 9.78 Å². The molecule has 112 valence electrons. The highest BCUT2D eigenvalue weighted by Gasteiger charge is 2.32.